The van der Waals surface area contributed by atoms with Crippen LogP contribution in [0, 0.1) is 9.39 Å². The van der Waals surface area contributed by atoms with E-state index in [1.807, 2.05) is 0 Å². The topological polar surface area (TPSA) is 105 Å². The maximum absolute atomic E-state index is 13.8. The Kier molecular flexibility index (Phi) is 9.40. The van der Waals surface area contributed by atoms with Gasteiger partial charge in [0.2, 0.25) is 0 Å². The quantitative estimate of drug-likeness (QED) is 0.252. The molecule has 12 heteroatoms. The van der Waals surface area contributed by atoms with Crippen molar-refractivity contribution in [1.29, 1.82) is 0 Å². The molecule has 0 fully saturated rings. The first-order chi connectivity index (χ1) is 19.2. The molecule has 40 heavy (non-hydrogen) atoms. The lowest BCUT2D eigenvalue weighted by molar-refractivity contribution is -0.145. The summed E-state index contributed by atoms with van der Waals surface area (Å²) in [7, 11) is 1.47. The summed E-state index contributed by atoms with van der Waals surface area (Å²) < 4.78 is 37.5. The van der Waals surface area contributed by atoms with Gasteiger partial charge < -0.3 is 18.9 Å². The predicted molar refractivity (Wildman–Crippen MR) is 155 cm³/mol. The van der Waals surface area contributed by atoms with Crippen molar-refractivity contribution in [3.05, 3.63) is 87.9 Å². The molecule has 1 atom stereocenters. The number of halogens is 2. The van der Waals surface area contributed by atoms with Gasteiger partial charge in [0.25, 0.3) is 5.56 Å². The number of esters is 2. The van der Waals surface area contributed by atoms with Crippen LogP contribution in [0.2, 0.25) is 0 Å². The van der Waals surface area contributed by atoms with Gasteiger partial charge in [-0.1, -0.05) is 23.5 Å². The number of carbonyl (C=O) groups is 2. The van der Waals surface area contributed by atoms with Crippen LogP contribution in [-0.4, -0.2) is 43.4 Å². The summed E-state index contributed by atoms with van der Waals surface area (Å²) in [5.74, 6) is -0.780. The Morgan fingerprint density at radius 3 is 2.50 bits per heavy atom. The number of carbonyl (C=O) groups excluding carboxylic acids is 2. The molecule has 1 aliphatic heterocycles. The summed E-state index contributed by atoms with van der Waals surface area (Å²) in [4.78, 5) is 43.4. The third kappa shape index (κ3) is 6.12. The number of hydrogen-bond acceptors (Lipinski definition) is 9. The fourth-order valence-electron chi connectivity index (χ4n) is 4.20. The molecule has 0 bridgehead atoms. The van der Waals surface area contributed by atoms with Crippen molar-refractivity contribution >= 4 is 51.9 Å². The highest BCUT2D eigenvalue weighted by molar-refractivity contribution is 14.1. The van der Waals surface area contributed by atoms with Crippen molar-refractivity contribution in [2.24, 2.45) is 4.99 Å². The summed E-state index contributed by atoms with van der Waals surface area (Å²) in [5.41, 5.74) is 1.45. The molecule has 3 aromatic rings. The number of aromatic nitrogens is 1. The maximum Gasteiger partial charge on any atom is 0.344 e. The summed E-state index contributed by atoms with van der Waals surface area (Å²) in [6, 6.07) is 8.27. The zero-order valence-electron chi connectivity index (χ0n) is 22.2. The number of thiazole rings is 1. The minimum atomic E-state index is -0.841. The molecule has 0 unspecified atom stereocenters. The first kappa shape index (κ1) is 29.5. The number of allylic oxidation sites excluding steroid dienone is 1. The molecule has 0 aliphatic carbocycles. The monoisotopic (exact) mass is 680 g/mol. The highest BCUT2D eigenvalue weighted by Gasteiger charge is 2.33. The van der Waals surface area contributed by atoms with Crippen LogP contribution in [0.4, 0.5) is 4.39 Å². The molecular formula is C28H26FIN2O7S. The lowest BCUT2D eigenvalue weighted by atomic mass is 9.96. The van der Waals surface area contributed by atoms with E-state index >= 15 is 0 Å². The second-order valence-electron chi connectivity index (χ2n) is 8.48. The molecule has 0 saturated heterocycles. The minimum absolute atomic E-state index is 0.149. The van der Waals surface area contributed by atoms with Crippen molar-refractivity contribution in [3.63, 3.8) is 0 Å². The normalized spacial score (nSPS) is 14.8. The van der Waals surface area contributed by atoms with Gasteiger partial charge in [-0.3, -0.25) is 9.36 Å². The number of ether oxygens (including phenoxy) is 4. The molecule has 0 radical (unpaired) electrons. The van der Waals surface area contributed by atoms with Crippen LogP contribution in [0.5, 0.6) is 11.5 Å². The second-order valence-corrected chi connectivity index (χ2v) is 10.7. The van der Waals surface area contributed by atoms with E-state index in [0.29, 0.717) is 41.2 Å². The van der Waals surface area contributed by atoms with Crippen LogP contribution in [-0.2, 0) is 19.1 Å². The van der Waals surface area contributed by atoms with E-state index in [2.05, 4.69) is 27.6 Å². The van der Waals surface area contributed by atoms with Gasteiger partial charge in [0, 0.05) is 0 Å². The van der Waals surface area contributed by atoms with E-state index in [-0.39, 0.29) is 31.0 Å². The average Bonchev–Trinajstić information content (AvgIpc) is 3.21. The summed E-state index contributed by atoms with van der Waals surface area (Å²) in [6.45, 7) is 5.21. The zero-order chi connectivity index (χ0) is 29.0. The van der Waals surface area contributed by atoms with Crippen LogP contribution >= 0.6 is 33.9 Å². The van der Waals surface area contributed by atoms with E-state index in [9.17, 15) is 18.8 Å². The second kappa shape index (κ2) is 12.8. The van der Waals surface area contributed by atoms with Crippen LogP contribution in [0.15, 0.2) is 57.5 Å². The molecule has 0 spiro atoms. The summed E-state index contributed by atoms with van der Waals surface area (Å²) in [5, 5.41) is 0. The van der Waals surface area contributed by atoms with Crippen molar-refractivity contribution in [2.45, 2.75) is 26.8 Å². The number of benzene rings is 2. The van der Waals surface area contributed by atoms with Crippen LogP contribution in [0.3, 0.4) is 0 Å². The van der Waals surface area contributed by atoms with E-state index in [1.165, 1.54) is 35.9 Å². The molecule has 210 valence electrons. The predicted octanol–water partition coefficient (Wildman–Crippen LogP) is 3.49. The van der Waals surface area contributed by atoms with Gasteiger partial charge in [0.15, 0.2) is 22.9 Å². The molecule has 0 amide bonds. The SMILES string of the molecule is CCOC(=O)COc1c(I)cc(/C=c2\sc3n(c2=O)[C@@H](c2ccc(F)cc2)C(C(=O)OCC)=C(C)N=3)cc1OC. The third-order valence-electron chi connectivity index (χ3n) is 5.89. The first-order valence-corrected chi connectivity index (χ1v) is 14.2. The molecule has 2 aromatic carbocycles. The number of fused-ring (bicyclic) bond motifs is 1. The van der Waals surface area contributed by atoms with Gasteiger partial charge in [0.1, 0.15) is 5.82 Å². The largest absolute Gasteiger partial charge is 0.493 e. The van der Waals surface area contributed by atoms with Gasteiger partial charge in [-0.2, -0.15) is 0 Å². The van der Waals surface area contributed by atoms with E-state index in [1.54, 1.807) is 39.0 Å². The highest BCUT2D eigenvalue weighted by Crippen LogP contribution is 2.34. The Morgan fingerprint density at radius 2 is 1.85 bits per heavy atom. The summed E-state index contributed by atoms with van der Waals surface area (Å²) >= 11 is 3.23. The minimum Gasteiger partial charge on any atom is -0.493 e. The number of methoxy groups -OCH3 is 1. The van der Waals surface area contributed by atoms with Gasteiger partial charge in [-0.25, -0.2) is 19.0 Å². The van der Waals surface area contributed by atoms with Crippen LogP contribution in [0.25, 0.3) is 6.08 Å². The number of nitrogens with zero attached hydrogens (tertiary/aromatic N) is 2. The Bertz CT molecular complexity index is 1660. The Morgan fingerprint density at radius 1 is 1.15 bits per heavy atom. The molecule has 0 saturated carbocycles. The fraction of sp³-hybridized carbons (Fsp3) is 0.286. The van der Waals surface area contributed by atoms with Crippen molar-refractivity contribution in [2.75, 3.05) is 26.9 Å². The summed E-state index contributed by atoms with van der Waals surface area (Å²) in [6.07, 6.45) is 1.69. The molecule has 9 nitrogen and oxygen atoms in total. The van der Waals surface area contributed by atoms with Gasteiger partial charge in [-0.15, -0.1) is 0 Å². The lowest BCUT2D eigenvalue weighted by Crippen LogP contribution is -2.39. The Labute approximate surface area is 246 Å². The van der Waals surface area contributed by atoms with Gasteiger partial charge >= 0.3 is 11.9 Å². The fourth-order valence-corrected chi connectivity index (χ4v) is 6.03. The number of hydrogen-bond donors (Lipinski definition) is 0. The Hall–Kier alpha value is -3.52. The van der Waals surface area contributed by atoms with Crippen molar-refractivity contribution in [1.82, 2.24) is 4.57 Å². The average molecular weight is 680 g/mol. The van der Waals surface area contributed by atoms with E-state index in [0.717, 1.165) is 11.3 Å². The van der Waals surface area contributed by atoms with Crippen LogP contribution < -0.4 is 24.4 Å². The molecule has 0 N–H and O–H groups in total. The number of rotatable bonds is 9. The maximum atomic E-state index is 13.8. The molecular weight excluding hydrogens is 654 g/mol. The zero-order valence-corrected chi connectivity index (χ0v) is 25.1. The van der Waals surface area contributed by atoms with Crippen molar-refractivity contribution in [3.8, 4) is 11.5 Å². The van der Waals surface area contributed by atoms with E-state index < -0.39 is 23.8 Å². The molecule has 2 heterocycles. The van der Waals surface area contributed by atoms with E-state index in [4.69, 9.17) is 18.9 Å². The van der Waals surface area contributed by atoms with Crippen LogP contribution in [0.1, 0.15) is 37.9 Å². The van der Waals surface area contributed by atoms with Gasteiger partial charge in [0.05, 0.1) is 45.7 Å². The standard InChI is InChI=1S/C28H26FIN2O7S/c1-5-37-22(33)14-39-25-19(30)11-16(12-20(25)36-4)13-21-26(34)32-24(17-7-9-18(29)10-8-17)23(27(35)38-6-2)15(3)31-28(32)40-21/h7-13,24H,5-6,14H2,1-4H3/b21-13-/t24-/m0/s1. The molecule has 4 rings (SSSR count). The lowest BCUT2D eigenvalue weighted by Gasteiger charge is -2.24. The molecule has 1 aliphatic rings. The smallest absolute Gasteiger partial charge is 0.344 e. The third-order valence-corrected chi connectivity index (χ3v) is 7.68. The Balaban J connectivity index is 1.82. The highest BCUT2D eigenvalue weighted by atomic mass is 127. The van der Waals surface area contributed by atoms with Gasteiger partial charge in [-0.05, 0) is 84.8 Å². The first-order valence-electron chi connectivity index (χ1n) is 12.3. The van der Waals surface area contributed by atoms with Crippen molar-refractivity contribution < 1.29 is 32.9 Å². The molecule has 1 aromatic heterocycles.